The van der Waals surface area contributed by atoms with Crippen molar-refractivity contribution in [3.8, 4) is 11.5 Å². The molecule has 3 aromatic carbocycles. The van der Waals surface area contributed by atoms with Crippen LogP contribution in [0.5, 0.6) is 11.5 Å². The van der Waals surface area contributed by atoms with Gasteiger partial charge in [0.25, 0.3) is 0 Å². The molecular formula is C27H28N2O4. The summed E-state index contributed by atoms with van der Waals surface area (Å²) in [5.74, 6) is 0.554. The number of rotatable bonds is 9. The van der Waals surface area contributed by atoms with Crippen LogP contribution >= 0.6 is 0 Å². The second-order valence-corrected chi connectivity index (χ2v) is 8.04. The van der Waals surface area contributed by atoms with E-state index in [0.29, 0.717) is 31.1 Å². The van der Waals surface area contributed by atoms with Crippen LogP contribution in [0.3, 0.4) is 0 Å². The monoisotopic (exact) mass is 444 g/mol. The Balaban J connectivity index is 1.70. The first kappa shape index (κ1) is 22.4. The Hall–Kier alpha value is -3.77. The van der Waals surface area contributed by atoms with Crippen molar-refractivity contribution in [1.29, 1.82) is 0 Å². The van der Waals surface area contributed by atoms with Crippen LogP contribution in [0.2, 0.25) is 0 Å². The van der Waals surface area contributed by atoms with Gasteiger partial charge < -0.3 is 24.5 Å². The molecule has 1 heterocycles. The van der Waals surface area contributed by atoms with Crippen LogP contribution in [0.1, 0.15) is 32.7 Å². The number of carbonyl (C=O) groups is 1. The molecule has 0 unspecified atom stereocenters. The van der Waals surface area contributed by atoms with Gasteiger partial charge in [-0.15, -0.1) is 0 Å². The lowest BCUT2D eigenvalue weighted by Crippen LogP contribution is -2.17. The van der Waals surface area contributed by atoms with Crippen LogP contribution in [0.25, 0.3) is 10.9 Å². The van der Waals surface area contributed by atoms with Crippen LogP contribution in [-0.2, 0) is 19.6 Å². The lowest BCUT2D eigenvalue weighted by molar-refractivity contribution is 0.0684. The van der Waals surface area contributed by atoms with Crippen molar-refractivity contribution in [2.24, 2.45) is 0 Å². The summed E-state index contributed by atoms with van der Waals surface area (Å²) < 4.78 is 12.5. The Morgan fingerprint density at radius 2 is 1.52 bits per heavy atom. The van der Waals surface area contributed by atoms with Crippen LogP contribution in [-0.4, -0.2) is 29.9 Å². The molecule has 0 bridgehead atoms. The molecule has 2 N–H and O–H groups in total. The van der Waals surface area contributed by atoms with Crippen LogP contribution in [0.4, 0.5) is 0 Å². The molecule has 0 spiro atoms. The molecule has 33 heavy (non-hydrogen) atoms. The summed E-state index contributed by atoms with van der Waals surface area (Å²) in [4.78, 5) is 12.4. The molecule has 4 aromatic rings. The number of aromatic nitrogens is 1. The molecule has 0 radical (unpaired) electrons. The van der Waals surface area contributed by atoms with Gasteiger partial charge in [0.1, 0.15) is 17.2 Å². The fourth-order valence-corrected chi connectivity index (χ4v) is 4.07. The third-order valence-electron chi connectivity index (χ3n) is 5.83. The highest BCUT2D eigenvalue weighted by Crippen LogP contribution is 2.31. The molecule has 6 nitrogen and oxygen atoms in total. The summed E-state index contributed by atoms with van der Waals surface area (Å²) in [5.41, 5.74) is 5.20. The van der Waals surface area contributed by atoms with Gasteiger partial charge in [-0.2, -0.15) is 0 Å². The standard InChI is InChI=1S/C27H28N2O4/c1-18-4-6-20(7-5-18)17-29-25-14-22(33-3)12-13-23(25)24(26(29)27(30)31)16-28-15-19-8-10-21(32-2)11-9-19/h4-14,28H,15-17H2,1-3H3,(H,30,31). The van der Waals surface area contributed by atoms with E-state index in [9.17, 15) is 9.90 Å². The summed E-state index contributed by atoms with van der Waals surface area (Å²) in [7, 11) is 3.26. The van der Waals surface area contributed by atoms with E-state index in [4.69, 9.17) is 9.47 Å². The largest absolute Gasteiger partial charge is 0.497 e. The average molecular weight is 445 g/mol. The molecule has 0 saturated heterocycles. The quantitative estimate of drug-likeness (QED) is 0.380. The maximum Gasteiger partial charge on any atom is 0.352 e. The number of aromatic carboxylic acids is 1. The van der Waals surface area contributed by atoms with Gasteiger partial charge in [-0.1, -0.05) is 42.0 Å². The zero-order chi connectivity index (χ0) is 23.4. The van der Waals surface area contributed by atoms with Gasteiger partial charge >= 0.3 is 5.97 Å². The number of nitrogens with one attached hydrogen (secondary N) is 1. The zero-order valence-corrected chi connectivity index (χ0v) is 19.1. The lowest BCUT2D eigenvalue weighted by Gasteiger charge is -2.11. The molecule has 1 aromatic heterocycles. The summed E-state index contributed by atoms with van der Waals surface area (Å²) in [6.45, 7) is 3.54. The molecule has 0 saturated carbocycles. The van der Waals surface area contributed by atoms with Crippen molar-refractivity contribution < 1.29 is 19.4 Å². The van der Waals surface area contributed by atoms with Crippen molar-refractivity contribution in [1.82, 2.24) is 9.88 Å². The Morgan fingerprint density at radius 3 is 2.15 bits per heavy atom. The third kappa shape index (κ3) is 4.86. The molecule has 0 aliphatic heterocycles. The van der Waals surface area contributed by atoms with Crippen LogP contribution < -0.4 is 14.8 Å². The number of carboxylic acid groups (broad SMARTS) is 1. The number of hydrogen-bond acceptors (Lipinski definition) is 4. The van der Waals surface area contributed by atoms with Gasteiger partial charge in [0.2, 0.25) is 0 Å². The predicted octanol–water partition coefficient (Wildman–Crippen LogP) is 5.00. The number of methoxy groups -OCH3 is 2. The molecule has 0 aliphatic carbocycles. The number of ether oxygens (including phenoxy) is 2. The molecule has 0 fully saturated rings. The predicted molar refractivity (Wildman–Crippen MR) is 129 cm³/mol. The first-order chi connectivity index (χ1) is 16.0. The van der Waals surface area contributed by atoms with Crippen molar-refractivity contribution >= 4 is 16.9 Å². The first-order valence-electron chi connectivity index (χ1n) is 10.8. The van der Waals surface area contributed by atoms with E-state index in [1.54, 1.807) is 14.2 Å². The maximum atomic E-state index is 12.4. The van der Waals surface area contributed by atoms with E-state index in [0.717, 1.165) is 33.3 Å². The second kappa shape index (κ2) is 9.79. The number of hydrogen-bond donors (Lipinski definition) is 2. The van der Waals surface area contributed by atoms with E-state index >= 15 is 0 Å². The van der Waals surface area contributed by atoms with E-state index < -0.39 is 5.97 Å². The summed E-state index contributed by atoms with van der Waals surface area (Å²) in [6, 6.07) is 21.7. The van der Waals surface area contributed by atoms with E-state index in [1.165, 1.54) is 5.56 Å². The van der Waals surface area contributed by atoms with Gasteiger partial charge in [-0.3, -0.25) is 0 Å². The van der Waals surface area contributed by atoms with E-state index in [-0.39, 0.29) is 0 Å². The fourth-order valence-electron chi connectivity index (χ4n) is 4.07. The molecule has 170 valence electrons. The summed E-state index contributed by atoms with van der Waals surface area (Å²) >= 11 is 0. The van der Waals surface area contributed by atoms with Crippen molar-refractivity contribution in [2.75, 3.05) is 14.2 Å². The molecule has 0 atom stereocenters. The van der Waals surface area contributed by atoms with E-state index in [1.807, 2.05) is 78.2 Å². The Kier molecular flexibility index (Phi) is 6.66. The molecule has 0 amide bonds. The van der Waals surface area contributed by atoms with Crippen molar-refractivity contribution in [2.45, 2.75) is 26.6 Å². The minimum atomic E-state index is -0.946. The minimum Gasteiger partial charge on any atom is -0.497 e. The van der Waals surface area contributed by atoms with Gasteiger partial charge in [-0.25, -0.2) is 4.79 Å². The number of carboxylic acids is 1. The van der Waals surface area contributed by atoms with E-state index in [2.05, 4.69) is 5.32 Å². The highest BCUT2D eigenvalue weighted by atomic mass is 16.5. The summed E-state index contributed by atoms with van der Waals surface area (Å²) in [5, 5.41) is 14.5. The number of aryl methyl sites for hydroxylation is 1. The first-order valence-corrected chi connectivity index (χ1v) is 10.8. The maximum absolute atomic E-state index is 12.4. The highest BCUT2D eigenvalue weighted by molar-refractivity contribution is 5.98. The number of fused-ring (bicyclic) bond motifs is 1. The van der Waals surface area contributed by atoms with Crippen LogP contribution in [0, 0.1) is 6.92 Å². The van der Waals surface area contributed by atoms with Crippen molar-refractivity contribution in [3.63, 3.8) is 0 Å². The summed E-state index contributed by atoms with van der Waals surface area (Å²) in [6.07, 6.45) is 0. The number of nitrogens with zero attached hydrogens (tertiary/aromatic N) is 1. The molecule has 4 rings (SSSR count). The fraction of sp³-hybridized carbons (Fsp3) is 0.222. The second-order valence-electron chi connectivity index (χ2n) is 8.04. The Labute approximate surface area is 193 Å². The topological polar surface area (TPSA) is 72.7 Å². The van der Waals surface area contributed by atoms with Gasteiger partial charge in [0, 0.05) is 36.7 Å². The Bertz CT molecular complexity index is 1260. The third-order valence-corrected chi connectivity index (χ3v) is 5.83. The zero-order valence-electron chi connectivity index (χ0n) is 19.1. The SMILES string of the molecule is COc1ccc(CNCc2c(C(=O)O)n(Cc3ccc(C)cc3)c3cc(OC)ccc23)cc1. The molecule has 6 heteroatoms. The Morgan fingerprint density at radius 1 is 0.879 bits per heavy atom. The smallest absolute Gasteiger partial charge is 0.352 e. The van der Waals surface area contributed by atoms with Crippen molar-refractivity contribution in [3.05, 3.63) is 94.7 Å². The molecule has 0 aliphatic rings. The average Bonchev–Trinajstić information content (AvgIpc) is 3.13. The number of benzene rings is 3. The highest BCUT2D eigenvalue weighted by Gasteiger charge is 2.23. The molecular weight excluding hydrogens is 416 g/mol. The van der Waals surface area contributed by atoms with Crippen LogP contribution in [0.15, 0.2) is 66.7 Å². The normalized spacial score (nSPS) is 11.0. The van der Waals surface area contributed by atoms with Gasteiger partial charge in [-0.05, 0) is 42.3 Å². The van der Waals surface area contributed by atoms with Gasteiger partial charge in [0.15, 0.2) is 0 Å². The lowest BCUT2D eigenvalue weighted by atomic mass is 10.1. The van der Waals surface area contributed by atoms with Gasteiger partial charge in [0.05, 0.1) is 19.7 Å². The minimum absolute atomic E-state index is 0.293.